The molecule has 0 atom stereocenters. The summed E-state index contributed by atoms with van der Waals surface area (Å²) >= 11 is 1.04. The number of aromatic nitrogens is 1. The lowest BCUT2D eigenvalue weighted by Crippen LogP contribution is -2.29. The SMILES string of the molecule is Cc1cc(/C=C2/SC(=O)N(CCCc3ccccc3)C2=O)c(C)n1C(C)C. The molecule has 0 spiro atoms. The predicted octanol–water partition coefficient (Wildman–Crippen LogP) is 5.35. The van der Waals surface area contributed by atoms with Gasteiger partial charge in [0, 0.05) is 24.0 Å². The van der Waals surface area contributed by atoms with Gasteiger partial charge >= 0.3 is 0 Å². The van der Waals surface area contributed by atoms with Crippen molar-refractivity contribution >= 4 is 29.0 Å². The van der Waals surface area contributed by atoms with Crippen LogP contribution in [0.3, 0.4) is 0 Å². The molecule has 0 unspecified atom stereocenters. The lowest BCUT2D eigenvalue weighted by molar-refractivity contribution is -0.122. The van der Waals surface area contributed by atoms with E-state index in [2.05, 4.69) is 50.5 Å². The van der Waals surface area contributed by atoms with Crippen LogP contribution in [0.4, 0.5) is 4.79 Å². The van der Waals surface area contributed by atoms with Crippen molar-refractivity contribution in [3.05, 3.63) is 63.8 Å². The molecule has 1 aliphatic rings. The van der Waals surface area contributed by atoms with Crippen molar-refractivity contribution in [2.75, 3.05) is 6.54 Å². The van der Waals surface area contributed by atoms with Crippen LogP contribution < -0.4 is 0 Å². The maximum absolute atomic E-state index is 12.7. The summed E-state index contributed by atoms with van der Waals surface area (Å²) in [7, 11) is 0. The molecular weight excluding hydrogens is 356 g/mol. The molecule has 1 saturated heterocycles. The smallest absolute Gasteiger partial charge is 0.293 e. The van der Waals surface area contributed by atoms with Crippen LogP contribution in [0.1, 0.15) is 48.8 Å². The Labute approximate surface area is 165 Å². The van der Waals surface area contributed by atoms with Gasteiger partial charge in [0.25, 0.3) is 11.1 Å². The summed E-state index contributed by atoms with van der Waals surface area (Å²) in [5.41, 5.74) is 4.52. The van der Waals surface area contributed by atoms with Gasteiger partial charge in [-0.15, -0.1) is 0 Å². The molecule has 2 amide bonds. The van der Waals surface area contributed by atoms with Crippen molar-refractivity contribution in [2.24, 2.45) is 0 Å². The summed E-state index contributed by atoms with van der Waals surface area (Å²) in [4.78, 5) is 26.9. The van der Waals surface area contributed by atoms with Crippen molar-refractivity contribution in [1.82, 2.24) is 9.47 Å². The number of hydrogen-bond acceptors (Lipinski definition) is 3. The fourth-order valence-electron chi connectivity index (χ4n) is 3.66. The minimum atomic E-state index is -0.174. The summed E-state index contributed by atoms with van der Waals surface area (Å²) in [6.07, 6.45) is 3.50. The standard InChI is InChI=1S/C22H26N2O2S/c1-15(2)24-16(3)13-19(17(24)4)14-20-21(25)23(22(26)27-20)12-8-11-18-9-6-5-7-10-18/h5-7,9-10,13-15H,8,11-12H2,1-4H3/b20-14+. The van der Waals surface area contributed by atoms with Crippen LogP contribution >= 0.6 is 11.8 Å². The third-order valence-corrected chi connectivity index (χ3v) is 5.80. The largest absolute Gasteiger partial charge is 0.346 e. The Balaban J connectivity index is 1.70. The third kappa shape index (κ3) is 4.19. The number of nitrogens with zero attached hydrogens (tertiary/aromatic N) is 2. The highest BCUT2D eigenvalue weighted by Crippen LogP contribution is 2.33. The number of carbonyl (C=O) groups excluding carboxylic acids is 2. The Kier molecular flexibility index (Phi) is 5.90. The normalized spacial score (nSPS) is 16.2. The molecule has 2 aromatic rings. The number of hydrogen-bond donors (Lipinski definition) is 0. The van der Waals surface area contributed by atoms with E-state index in [1.54, 1.807) is 0 Å². The molecule has 27 heavy (non-hydrogen) atoms. The highest BCUT2D eigenvalue weighted by Gasteiger charge is 2.34. The van der Waals surface area contributed by atoms with Gasteiger partial charge in [0.15, 0.2) is 0 Å². The van der Waals surface area contributed by atoms with Crippen LogP contribution in [0.2, 0.25) is 0 Å². The van der Waals surface area contributed by atoms with Gasteiger partial charge in [-0.25, -0.2) is 0 Å². The predicted molar refractivity (Wildman–Crippen MR) is 112 cm³/mol. The number of imide groups is 1. The monoisotopic (exact) mass is 382 g/mol. The zero-order valence-corrected chi connectivity index (χ0v) is 17.2. The topological polar surface area (TPSA) is 42.3 Å². The molecule has 2 heterocycles. The minimum Gasteiger partial charge on any atom is -0.346 e. The molecule has 3 rings (SSSR count). The first-order chi connectivity index (χ1) is 12.9. The Morgan fingerprint density at radius 3 is 2.44 bits per heavy atom. The molecule has 142 valence electrons. The molecule has 1 aromatic heterocycles. The highest BCUT2D eigenvalue weighted by molar-refractivity contribution is 8.18. The van der Waals surface area contributed by atoms with Gasteiger partial charge in [0.2, 0.25) is 0 Å². The zero-order valence-electron chi connectivity index (χ0n) is 16.4. The van der Waals surface area contributed by atoms with Gasteiger partial charge in [-0.05, 0) is 75.6 Å². The first-order valence-corrected chi connectivity index (χ1v) is 10.2. The van der Waals surface area contributed by atoms with Crippen molar-refractivity contribution in [2.45, 2.75) is 46.6 Å². The number of aryl methyl sites for hydroxylation is 2. The second-order valence-corrected chi connectivity index (χ2v) is 8.21. The second kappa shape index (κ2) is 8.17. The lowest BCUT2D eigenvalue weighted by Gasteiger charge is -2.13. The van der Waals surface area contributed by atoms with E-state index in [4.69, 9.17) is 0 Å². The molecule has 0 radical (unpaired) electrons. The van der Waals surface area contributed by atoms with Crippen LogP contribution in [0.5, 0.6) is 0 Å². The molecule has 4 nitrogen and oxygen atoms in total. The van der Waals surface area contributed by atoms with E-state index >= 15 is 0 Å². The van der Waals surface area contributed by atoms with Gasteiger partial charge in [0.05, 0.1) is 4.91 Å². The van der Waals surface area contributed by atoms with Gasteiger partial charge in [-0.2, -0.15) is 0 Å². The van der Waals surface area contributed by atoms with Crippen molar-refractivity contribution < 1.29 is 9.59 Å². The maximum atomic E-state index is 12.7. The van der Waals surface area contributed by atoms with Crippen LogP contribution in [-0.4, -0.2) is 27.2 Å². The first-order valence-electron chi connectivity index (χ1n) is 9.36. The zero-order chi connectivity index (χ0) is 19.6. The van der Waals surface area contributed by atoms with Gasteiger partial charge < -0.3 is 4.57 Å². The molecule has 0 bridgehead atoms. The fraction of sp³-hybridized carbons (Fsp3) is 0.364. The van der Waals surface area contributed by atoms with Crippen molar-refractivity contribution in [3.8, 4) is 0 Å². The van der Waals surface area contributed by atoms with Gasteiger partial charge in [-0.1, -0.05) is 30.3 Å². The molecule has 1 fully saturated rings. The van der Waals surface area contributed by atoms with E-state index in [-0.39, 0.29) is 11.1 Å². The summed E-state index contributed by atoms with van der Waals surface area (Å²) in [5, 5.41) is -0.169. The van der Waals surface area contributed by atoms with Gasteiger partial charge in [0.1, 0.15) is 0 Å². The summed E-state index contributed by atoms with van der Waals surface area (Å²) in [5.74, 6) is -0.174. The summed E-state index contributed by atoms with van der Waals surface area (Å²) in [6.45, 7) is 8.87. The molecule has 1 aliphatic heterocycles. The van der Waals surface area contributed by atoms with Gasteiger partial charge in [-0.3, -0.25) is 14.5 Å². The van der Waals surface area contributed by atoms with Crippen molar-refractivity contribution in [1.29, 1.82) is 0 Å². The maximum Gasteiger partial charge on any atom is 0.293 e. The molecule has 0 N–H and O–H groups in total. The number of benzene rings is 1. The Hall–Kier alpha value is -2.27. The average molecular weight is 383 g/mol. The number of thioether (sulfide) groups is 1. The fourth-order valence-corrected chi connectivity index (χ4v) is 4.52. The molecule has 1 aromatic carbocycles. The number of carbonyl (C=O) groups is 2. The minimum absolute atomic E-state index is 0.169. The summed E-state index contributed by atoms with van der Waals surface area (Å²) in [6, 6.07) is 12.6. The number of amides is 2. The lowest BCUT2D eigenvalue weighted by atomic mass is 10.1. The van der Waals surface area contributed by atoms with E-state index in [0.717, 1.165) is 41.6 Å². The Bertz CT molecular complexity index is 881. The second-order valence-electron chi connectivity index (χ2n) is 7.21. The van der Waals surface area contributed by atoms with E-state index in [1.807, 2.05) is 24.3 Å². The average Bonchev–Trinajstić information content (AvgIpc) is 3.05. The third-order valence-electron chi connectivity index (χ3n) is 4.89. The van der Waals surface area contributed by atoms with Crippen molar-refractivity contribution in [3.63, 3.8) is 0 Å². The van der Waals surface area contributed by atoms with E-state index < -0.39 is 0 Å². The molecule has 0 aliphatic carbocycles. The molecule has 0 saturated carbocycles. The van der Waals surface area contributed by atoms with E-state index in [0.29, 0.717) is 17.5 Å². The van der Waals surface area contributed by atoms with E-state index in [9.17, 15) is 9.59 Å². The Morgan fingerprint density at radius 1 is 1.11 bits per heavy atom. The number of rotatable bonds is 6. The van der Waals surface area contributed by atoms with E-state index in [1.165, 1.54) is 10.5 Å². The van der Waals surface area contributed by atoms with Crippen LogP contribution in [0.25, 0.3) is 6.08 Å². The van der Waals surface area contributed by atoms with Crippen LogP contribution in [-0.2, 0) is 11.2 Å². The molecule has 5 heteroatoms. The Morgan fingerprint density at radius 2 is 1.81 bits per heavy atom. The molecular formula is C22H26N2O2S. The van der Waals surface area contributed by atoms with Crippen LogP contribution in [0.15, 0.2) is 41.3 Å². The van der Waals surface area contributed by atoms with Crippen LogP contribution in [0, 0.1) is 13.8 Å². The quantitative estimate of drug-likeness (QED) is 0.632. The first kappa shape index (κ1) is 19.5. The summed E-state index contributed by atoms with van der Waals surface area (Å²) < 4.78 is 2.25. The highest BCUT2D eigenvalue weighted by atomic mass is 32.2.